The first-order valence-electron chi connectivity index (χ1n) is 3.46. The molecule has 4 N–H and O–H groups in total. The lowest BCUT2D eigenvalue weighted by atomic mass is 9.99. The van der Waals surface area contributed by atoms with E-state index in [9.17, 15) is 15.3 Å². The molecule has 5 nitrogen and oxygen atoms in total. The van der Waals surface area contributed by atoms with Crippen molar-refractivity contribution in [3.8, 4) is 0 Å². The third-order valence-corrected chi connectivity index (χ3v) is 1.97. The molecule has 0 aliphatic carbocycles. The van der Waals surface area contributed by atoms with Gasteiger partial charge in [0.1, 0.15) is 12.2 Å². The van der Waals surface area contributed by atoms with E-state index < -0.39 is 17.9 Å². The number of hydrogen-bond acceptors (Lipinski definition) is 5. The third kappa shape index (κ3) is 1.38. The lowest BCUT2D eigenvalue weighted by Crippen LogP contribution is -2.66. The van der Waals surface area contributed by atoms with Crippen LogP contribution in [0.1, 0.15) is 0 Å². The Balaban J connectivity index is 2.69. The number of nitrogens with one attached hydrogen (secondary N) is 1. The van der Waals surface area contributed by atoms with Gasteiger partial charge < -0.3 is 20.1 Å². The molecular weight excluding hydrogens is 150 g/mol. The van der Waals surface area contributed by atoms with Crippen LogP contribution in [-0.2, 0) is 4.74 Å². The van der Waals surface area contributed by atoms with E-state index in [2.05, 4.69) is 5.32 Å². The van der Waals surface area contributed by atoms with Gasteiger partial charge in [-0.2, -0.15) is 0 Å². The zero-order valence-electron chi connectivity index (χ0n) is 6.32. The summed E-state index contributed by atoms with van der Waals surface area (Å²) in [6.07, 6.45) is -2.17. The Kier molecular flexibility index (Phi) is 2.46. The van der Waals surface area contributed by atoms with E-state index in [1.807, 2.05) is 0 Å². The van der Waals surface area contributed by atoms with Gasteiger partial charge in [-0.05, 0) is 7.05 Å². The van der Waals surface area contributed by atoms with Gasteiger partial charge in [0, 0.05) is 0 Å². The van der Waals surface area contributed by atoms with Crippen molar-refractivity contribution in [2.24, 2.45) is 0 Å². The first-order chi connectivity index (χ1) is 5.11. The third-order valence-electron chi connectivity index (χ3n) is 1.97. The van der Waals surface area contributed by atoms with E-state index >= 15 is 0 Å². The number of aliphatic hydroxyl groups is 3. The monoisotopic (exact) mass is 163 g/mol. The van der Waals surface area contributed by atoms with Crippen molar-refractivity contribution in [2.45, 2.75) is 17.9 Å². The Bertz CT molecular complexity index is 131. The summed E-state index contributed by atoms with van der Waals surface area (Å²) in [5, 5.41) is 30.4. The van der Waals surface area contributed by atoms with Crippen LogP contribution in [0.25, 0.3) is 0 Å². The fourth-order valence-corrected chi connectivity index (χ4v) is 1.10. The lowest BCUT2D eigenvalue weighted by Gasteiger charge is -2.40. The molecule has 2 atom stereocenters. The highest BCUT2D eigenvalue weighted by atomic mass is 16.5. The second-order valence-electron chi connectivity index (χ2n) is 2.64. The second kappa shape index (κ2) is 3.04. The molecule has 0 aromatic carbocycles. The predicted molar refractivity (Wildman–Crippen MR) is 36.8 cm³/mol. The van der Waals surface area contributed by atoms with Crippen LogP contribution in [-0.4, -0.2) is 53.5 Å². The summed E-state index contributed by atoms with van der Waals surface area (Å²) >= 11 is 0. The van der Waals surface area contributed by atoms with E-state index in [-0.39, 0.29) is 13.2 Å². The minimum atomic E-state index is -1.63. The lowest BCUT2D eigenvalue weighted by molar-refractivity contribution is -0.225. The van der Waals surface area contributed by atoms with E-state index in [4.69, 9.17) is 4.74 Å². The highest BCUT2D eigenvalue weighted by molar-refractivity contribution is 4.92. The van der Waals surface area contributed by atoms with Crippen molar-refractivity contribution in [3.63, 3.8) is 0 Å². The van der Waals surface area contributed by atoms with Crippen molar-refractivity contribution in [2.75, 3.05) is 20.3 Å². The van der Waals surface area contributed by atoms with E-state index in [0.29, 0.717) is 0 Å². The minimum Gasteiger partial charge on any atom is -0.386 e. The molecule has 66 valence electrons. The summed E-state index contributed by atoms with van der Waals surface area (Å²) < 4.78 is 4.79. The van der Waals surface area contributed by atoms with Crippen LogP contribution in [0.4, 0.5) is 0 Å². The van der Waals surface area contributed by atoms with Crippen molar-refractivity contribution in [3.05, 3.63) is 0 Å². The van der Waals surface area contributed by atoms with Crippen LogP contribution in [0.15, 0.2) is 0 Å². The Morgan fingerprint density at radius 2 is 1.82 bits per heavy atom. The Morgan fingerprint density at radius 3 is 2.09 bits per heavy atom. The Hall–Kier alpha value is -0.200. The quantitative estimate of drug-likeness (QED) is 0.325. The summed E-state index contributed by atoms with van der Waals surface area (Å²) in [6, 6.07) is 0. The topological polar surface area (TPSA) is 82.0 Å². The van der Waals surface area contributed by atoms with Gasteiger partial charge >= 0.3 is 0 Å². The number of ether oxygens (including phenoxy) is 1. The predicted octanol–water partition coefficient (Wildman–Crippen LogP) is -2.35. The first-order valence-corrected chi connectivity index (χ1v) is 3.46. The van der Waals surface area contributed by atoms with Gasteiger partial charge in [0.05, 0.1) is 13.2 Å². The molecule has 0 aromatic heterocycles. The molecule has 1 fully saturated rings. The van der Waals surface area contributed by atoms with Gasteiger partial charge in [0.2, 0.25) is 0 Å². The van der Waals surface area contributed by atoms with E-state index in [0.717, 1.165) is 0 Å². The van der Waals surface area contributed by atoms with Crippen molar-refractivity contribution in [1.82, 2.24) is 5.32 Å². The maximum absolute atomic E-state index is 9.53. The zero-order valence-corrected chi connectivity index (χ0v) is 6.32. The molecule has 1 aliphatic rings. The van der Waals surface area contributed by atoms with Crippen LogP contribution < -0.4 is 5.32 Å². The molecule has 0 amide bonds. The Morgan fingerprint density at radius 1 is 1.36 bits per heavy atom. The molecule has 0 unspecified atom stereocenters. The molecule has 0 spiro atoms. The second-order valence-corrected chi connectivity index (χ2v) is 2.64. The van der Waals surface area contributed by atoms with Gasteiger partial charge in [-0.1, -0.05) is 0 Å². The van der Waals surface area contributed by atoms with Crippen molar-refractivity contribution in [1.29, 1.82) is 0 Å². The molecule has 5 heteroatoms. The van der Waals surface area contributed by atoms with Gasteiger partial charge in [0.15, 0.2) is 5.72 Å². The van der Waals surface area contributed by atoms with Crippen LogP contribution in [0.5, 0.6) is 0 Å². The summed E-state index contributed by atoms with van der Waals surface area (Å²) in [5.41, 5.74) is -1.63. The van der Waals surface area contributed by atoms with Crippen LogP contribution in [0.2, 0.25) is 0 Å². The molecule has 1 rings (SSSR count). The fourth-order valence-electron chi connectivity index (χ4n) is 1.10. The highest BCUT2D eigenvalue weighted by Crippen LogP contribution is 2.17. The van der Waals surface area contributed by atoms with Gasteiger partial charge in [-0.3, -0.25) is 5.32 Å². The summed E-state index contributed by atoms with van der Waals surface area (Å²) in [6.45, 7) is 0.0722. The van der Waals surface area contributed by atoms with Gasteiger partial charge in [-0.15, -0.1) is 0 Å². The molecule has 1 aliphatic heterocycles. The molecule has 0 radical (unpaired) electrons. The first kappa shape index (κ1) is 8.89. The molecule has 1 heterocycles. The molecule has 0 saturated carbocycles. The normalized spacial score (nSPS) is 37.1. The summed E-state index contributed by atoms with van der Waals surface area (Å²) in [7, 11) is 1.47. The molecular formula is C6H13NO4. The number of likely N-dealkylation sites (N-methyl/N-ethyl adjacent to an activating group) is 1. The molecule has 0 bridgehead atoms. The smallest absolute Gasteiger partial charge is 0.172 e. The molecule has 1 saturated heterocycles. The van der Waals surface area contributed by atoms with Gasteiger partial charge in [0.25, 0.3) is 0 Å². The van der Waals surface area contributed by atoms with Gasteiger partial charge in [-0.25, -0.2) is 0 Å². The summed E-state index contributed by atoms with van der Waals surface area (Å²) in [5.74, 6) is 0. The van der Waals surface area contributed by atoms with Crippen LogP contribution in [0, 0.1) is 0 Å². The average Bonchev–Trinajstić information content (AvgIpc) is 2.00. The maximum atomic E-state index is 9.53. The summed E-state index contributed by atoms with van der Waals surface area (Å²) in [4.78, 5) is 0. The van der Waals surface area contributed by atoms with Crippen LogP contribution in [0.3, 0.4) is 0 Å². The number of rotatable bonds is 1. The SMILES string of the molecule is CNC1(O)[C@H](O)COC[C@H]1O. The molecule has 11 heavy (non-hydrogen) atoms. The zero-order chi connectivity index (χ0) is 8.48. The van der Waals surface area contributed by atoms with Crippen LogP contribution >= 0.6 is 0 Å². The van der Waals surface area contributed by atoms with Crippen molar-refractivity contribution < 1.29 is 20.1 Å². The average molecular weight is 163 g/mol. The largest absolute Gasteiger partial charge is 0.386 e. The highest BCUT2D eigenvalue weighted by Gasteiger charge is 2.44. The number of aliphatic hydroxyl groups excluding tert-OH is 2. The standard InChI is InChI=1S/C6H13NO4/c1-7-6(10)4(8)2-11-3-5(6)9/h4-5,7-10H,2-3H2,1H3/t4-,5-/m1/s1. The fraction of sp³-hybridized carbons (Fsp3) is 1.00. The number of hydrogen-bond donors (Lipinski definition) is 4. The maximum Gasteiger partial charge on any atom is 0.172 e. The minimum absolute atomic E-state index is 0.0361. The van der Waals surface area contributed by atoms with Crippen molar-refractivity contribution >= 4 is 0 Å². The van der Waals surface area contributed by atoms with E-state index in [1.165, 1.54) is 7.05 Å². The van der Waals surface area contributed by atoms with E-state index in [1.54, 1.807) is 0 Å². The molecule has 0 aromatic rings. The Labute approximate surface area is 64.6 Å².